The van der Waals surface area contributed by atoms with E-state index < -0.39 is 11.6 Å². The second-order valence-corrected chi connectivity index (χ2v) is 4.41. The lowest BCUT2D eigenvalue weighted by atomic mass is 9.95. The Bertz CT molecular complexity index is 411. The molecular weight excluding hydrogens is 192 g/mol. The molecule has 1 aromatic carbocycles. The van der Waals surface area contributed by atoms with Crippen LogP contribution < -0.4 is 4.74 Å². The molecule has 0 spiro atoms. The molecule has 0 aromatic heterocycles. The van der Waals surface area contributed by atoms with Crippen molar-refractivity contribution < 1.29 is 14.6 Å². The summed E-state index contributed by atoms with van der Waals surface area (Å²) in [5, 5.41) is 8.79. The van der Waals surface area contributed by atoms with Crippen LogP contribution in [0.4, 0.5) is 0 Å². The van der Waals surface area contributed by atoms with Gasteiger partial charge < -0.3 is 9.84 Å². The highest BCUT2D eigenvalue weighted by Gasteiger charge is 2.36. The van der Waals surface area contributed by atoms with Crippen molar-refractivity contribution in [1.29, 1.82) is 0 Å². The molecule has 0 amide bonds. The van der Waals surface area contributed by atoms with Crippen molar-refractivity contribution in [2.75, 3.05) is 0 Å². The first kappa shape index (κ1) is 10.0. The van der Waals surface area contributed by atoms with Crippen LogP contribution in [-0.2, 0) is 11.2 Å². The molecule has 0 radical (unpaired) electrons. The second kappa shape index (κ2) is 3.26. The Labute approximate surface area is 88.7 Å². The largest absolute Gasteiger partial charge is 0.486 e. The van der Waals surface area contributed by atoms with Crippen LogP contribution in [0.2, 0.25) is 0 Å². The minimum atomic E-state index is -0.818. The van der Waals surface area contributed by atoms with Crippen LogP contribution in [0.5, 0.6) is 5.75 Å². The van der Waals surface area contributed by atoms with Gasteiger partial charge in [0, 0.05) is 6.42 Å². The zero-order valence-corrected chi connectivity index (χ0v) is 8.91. The van der Waals surface area contributed by atoms with Gasteiger partial charge in [-0.1, -0.05) is 17.7 Å². The van der Waals surface area contributed by atoms with Crippen molar-refractivity contribution in [1.82, 2.24) is 0 Å². The number of fused-ring (bicyclic) bond motifs is 1. The first-order valence-electron chi connectivity index (χ1n) is 4.99. The standard InChI is InChI=1S/C12H14O3/c1-8-3-4-10-9(5-8)6-12(2,15-10)7-11(13)14/h3-5H,6-7H2,1-2H3,(H,13,14). The van der Waals surface area contributed by atoms with Gasteiger partial charge in [0.25, 0.3) is 0 Å². The summed E-state index contributed by atoms with van der Waals surface area (Å²) in [6, 6.07) is 5.95. The summed E-state index contributed by atoms with van der Waals surface area (Å²) >= 11 is 0. The number of carbonyl (C=O) groups is 1. The third-order valence-electron chi connectivity index (χ3n) is 2.66. The van der Waals surface area contributed by atoms with Crippen molar-refractivity contribution >= 4 is 5.97 Å². The van der Waals surface area contributed by atoms with Gasteiger partial charge >= 0.3 is 5.97 Å². The van der Waals surface area contributed by atoms with Crippen LogP contribution in [0.25, 0.3) is 0 Å². The third kappa shape index (κ3) is 1.96. The molecule has 0 saturated carbocycles. The predicted molar refractivity (Wildman–Crippen MR) is 56.2 cm³/mol. The number of ether oxygens (including phenoxy) is 1. The Balaban J connectivity index is 2.24. The van der Waals surface area contributed by atoms with Crippen molar-refractivity contribution in [3.63, 3.8) is 0 Å². The monoisotopic (exact) mass is 206 g/mol. The molecule has 3 nitrogen and oxygen atoms in total. The van der Waals surface area contributed by atoms with E-state index >= 15 is 0 Å². The molecule has 1 N–H and O–H groups in total. The van der Waals surface area contributed by atoms with E-state index in [4.69, 9.17) is 9.84 Å². The fourth-order valence-corrected chi connectivity index (χ4v) is 2.07. The smallest absolute Gasteiger partial charge is 0.307 e. The number of aliphatic carboxylic acids is 1. The van der Waals surface area contributed by atoms with Gasteiger partial charge in [-0.15, -0.1) is 0 Å². The van der Waals surface area contributed by atoms with E-state index in [-0.39, 0.29) is 6.42 Å². The van der Waals surface area contributed by atoms with E-state index in [0.717, 1.165) is 11.3 Å². The Morgan fingerprint density at radius 3 is 3.00 bits per heavy atom. The van der Waals surface area contributed by atoms with Gasteiger partial charge in [0.15, 0.2) is 0 Å². The number of carboxylic acids is 1. The highest BCUT2D eigenvalue weighted by molar-refractivity contribution is 5.68. The number of hydrogen-bond donors (Lipinski definition) is 1. The van der Waals surface area contributed by atoms with Gasteiger partial charge in [0.1, 0.15) is 11.4 Å². The molecule has 1 heterocycles. The van der Waals surface area contributed by atoms with Crippen LogP contribution in [0.15, 0.2) is 18.2 Å². The average Bonchev–Trinajstić information content (AvgIpc) is 2.38. The van der Waals surface area contributed by atoms with Gasteiger partial charge in [-0.25, -0.2) is 0 Å². The van der Waals surface area contributed by atoms with E-state index in [1.165, 1.54) is 5.56 Å². The molecule has 0 fully saturated rings. The quantitative estimate of drug-likeness (QED) is 0.806. The molecule has 3 heteroatoms. The van der Waals surface area contributed by atoms with E-state index in [1.807, 2.05) is 26.0 Å². The fourth-order valence-electron chi connectivity index (χ4n) is 2.07. The second-order valence-electron chi connectivity index (χ2n) is 4.41. The fraction of sp³-hybridized carbons (Fsp3) is 0.417. The van der Waals surface area contributed by atoms with Gasteiger partial charge in [-0.3, -0.25) is 4.79 Å². The Morgan fingerprint density at radius 2 is 2.33 bits per heavy atom. The van der Waals surface area contributed by atoms with E-state index in [1.54, 1.807) is 0 Å². The van der Waals surface area contributed by atoms with Crippen LogP contribution in [0.3, 0.4) is 0 Å². The number of carboxylic acid groups (broad SMARTS) is 1. The summed E-state index contributed by atoms with van der Waals surface area (Å²) < 4.78 is 5.68. The van der Waals surface area contributed by atoms with Crippen LogP contribution in [0, 0.1) is 6.92 Å². The Hall–Kier alpha value is -1.51. The highest BCUT2D eigenvalue weighted by Crippen LogP contribution is 2.37. The van der Waals surface area contributed by atoms with Crippen molar-refractivity contribution in [3.8, 4) is 5.75 Å². The summed E-state index contributed by atoms with van der Waals surface area (Å²) in [7, 11) is 0. The van der Waals surface area contributed by atoms with E-state index in [2.05, 4.69) is 6.07 Å². The minimum absolute atomic E-state index is 0.0424. The summed E-state index contributed by atoms with van der Waals surface area (Å²) in [5.41, 5.74) is 1.71. The maximum Gasteiger partial charge on any atom is 0.307 e. The van der Waals surface area contributed by atoms with Crippen molar-refractivity contribution in [3.05, 3.63) is 29.3 Å². The Kier molecular flexibility index (Phi) is 2.18. The van der Waals surface area contributed by atoms with Crippen molar-refractivity contribution in [2.24, 2.45) is 0 Å². The molecule has 1 aliphatic heterocycles. The first-order chi connectivity index (χ1) is 6.98. The van der Waals surface area contributed by atoms with Gasteiger partial charge in [0.2, 0.25) is 0 Å². The summed E-state index contributed by atoms with van der Waals surface area (Å²) in [6.45, 7) is 3.86. The molecule has 15 heavy (non-hydrogen) atoms. The summed E-state index contributed by atoms with van der Waals surface area (Å²) in [5.74, 6) is 0.00591. The molecule has 1 unspecified atom stereocenters. The predicted octanol–water partition coefficient (Wildman–Crippen LogP) is 2.16. The van der Waals surface area contributed by atoms with Crippen LogP contribution in [-0.4, -0.2) is 16.7 Å². The Morgan fingerprint density at radius 1 is 1.60 bits per heavy atom. The first-order valence-corrected chi connectivity index (χ1v) is 4.99. The maximum absolute atomic E-state index is 10.7. The number of rotatable bonds is 2. The lowest BCUT2D eigenvalue weighted by Crippen LogP contribution is -2.33. The normalized spacial score (nSPS) is 23.3. The van der Waals surface area contributed by atoms with Gasteiger partial charge in [0.05, 0.1) is 6.42 Å². The molecule has 80 valence electrons. The number of aryl methyl sites for hydroxylation is 1. The molecule has 1 aromatic rings. The minimum Gasteiger partial charge on any atom is -0.486 e. The molecule has 1 atom stereocenters. The van der Waals surface area contributed by atoms with E-state index in [0.29, 0.717) is 6.42 Å². The maximum atomic E-state index is 10.7. The molecule has 0 saturated heterocycles. The molecule has 0 aliphatic carbocycles. The zero-order valence-electron chi connectivity index (χ0n) is 8.91. The molecule has 2 rings (SSSR count). The molecule has 1 aliphatic rings. The van der Waals surface area contributed by atoms with E-state index in [9.17, 15) is 4.79 Å². The molecular formula is C12H14O3. The summed E-state index contributed by atoms with van der Waals surface area (Å²) in [4.78, 5) is 10.7. The third-order valence-corrected chi connectivity index (χ3v) is 2.66. The average molecular weight is 206 g/mol. The lowest BCUT2D eigenvalue weighted by molar-refractivity contribution is -0.140. The van der Waals surface area contributed by atoms with Crippen LogP contribution in [0.1, 0.15) is 24.5 Å². The topological polar surface area (TPSA) is 46.5 Å². The lowest BCUT2D eigenvalue weighted by Gasteiger charge is -2.21. The van der Waals surface area contributed by atoms with Gasteiger partial charge in [-0.05, 0) is 25.5 Å². The highest BCUT2D eigenvalue weighted by atomic mass is 16.5. The SMILES string of the molecule is Cc1ccc2c(c1)CC(C)(CC(=O)O)O2. The number of benzene rings is 1. The summed E-state index contributed by atoms with van der Waals surface area (Å²) in [6.07, 6.45) is 0.719. The van der Waals surface area contributed by atoms with Crippen molar-refractivity contribution in [2.45, 2.75) is 32.3 Å². The van der Waals surface area contributed by atoms with Crippen LogP contribution >= 0.6 is 0 Å². The molecule has 0 bridgehead atoms. The zero-order chi connectivity index (χ0) is 11.1. The van der Waals surface area contributed by atoms with Gasteiger partial charge in [-0.2, -0.15) is 0 Å². The number of hydrogen-bond acceptors (Lipinski definition) is 2.